The first kappa shape index (κ1) is 28.8. The zero-order valence-electron chi connectivity index (χ0n) is 23.3. The van der Waals surface area contributed by atoms with Gasteiger partial charge in [0.25, 0.3) is 0 Å². The highest BCUT2D eigenvalue weighted by Crippen LogP contribution is 2.37. The highest BCUT2D eigenvalue weighted by atomic mass is 35.5. The molecule has 0 bridgehead atoms. The lowest BCUT2D eigenvalue weighted by atomic mass is 10.0. The van der Waals surface area contributed by atoms with E-state index in [9.17, 15) is 9.59 Å². The molecule has 0 radical (unpaired) electrons. The number of nitrogens with zero attached hydrogens (tertiary/aromatic N) is 6. The number of imidazole rings is 1. The third-order valence-electron chi connectivity index (χ3n) is 7.45. The third kappa shape index (κ3) is 6.14. The molecule has 0 aliphatic carbocycles. The minimum Gasteiger partial charge on any atom is -0.497 e. The van der Waals surface area contributed by atoms with Crippen molar-refractivity contribution in [1.82, 2.24) is 28.9 Å². The van der Waals surface area contributed by atoms with E-state index in [0.29, 0.717) is 48.6 Å². The van der Waals surface area contributed by atoms with Crippen molar-refractivity contribution in [3.05, 3.63) is 84.0 Å². The summed E-state index contributed by atoms with van der Waals surface area (Å²) >= 11 is 6.57. The highest BCUT2D eigenvalue weighted by Gasteiger charge is 2.48. The van der Waals surface area contributed by atoms with Crippen LogP contribution in [0.3, 0.4) is 0 Å². The Morgan fingerprint density at radius 3 is 2.62 bits per heavy atom. The molecule has 2 aromatic heterocycles. The number of hydrogen-bond acceptors (Lipinski definition) is 7. The fourth-order valence-electron chi connectivity index (χ4n) is 5.38. The molecule has 3 N–H and O–H groups in total. The van der Waals surface area contributed by atoms with Crippen LogP contribution in [-0.2, 0) is 11.3 Å². The fourth-order valence-corrected chi connectivity index (χ4v) is 5.55. The molecule has 42 heavy (non-hydrogen) atoms. The highest BCUT2D eigenvalue weighted by molar-refractivity contribution is 6.29. The number of amides is 3. The molecule has 2 atom stereocenters. The lowest BCUT2D eigenvalue weighted by Gasteiger charge is -2.49. The van der Waals surface area contributed by atoms with Gasteiger partial charge in [-0.05, 0) is 30.3 Å². The predicted molar refractivity (Wildman–Crippen MR) is 159 cm³/mol. The summed E-state index contributed by atoms with van der Waals surface area (Å²) in [6, 6.07) is 15.7. The second-order valence-electron chi connectivity index (χ2n) is 9.98. The molecule has 0 spiro atoms. The second-order valence-corrected chi connectivity index (χ2v) is 10.4. The number of primary amides is 1. The van der Waals surface area contributed by atoms with Crippen LogP contribution < -0.4 is 25.0 Å². The number of rotatable bonds is 9. The number of nitrogens with two attached hydrogens (primary N) is 1. The average Bonchev–Trinajstić information content (AvgIpc) is 3.53. The van der Waals surface area contributed by atoms with Gasteiger partial charge in [-0.1, -0.05) is 29.8 Å². The van der Waals surface area contributed by atoms with Gasteiger partial charge in [0.15, 0.2) is 0 Å². The topological polar surface area (TPSA) is 137 Å². The molecular weight excluding hydrogens is 560 g/mol. The molecule has 218 valence electrons. The normalized spacial score (nSPS) is 18.4. The number of quaternary nitrogens is 1. The predicted octanol–water partition coefficient (Wildman–Crippen LogP) is 3.63. The van der Waals surface area contributed by atoms with Crippen LogP contribution in [0.5, 0.6) is 11.5 Å². The molecular formula is C29H32ClN8O4+. The molecule has 4 aromatic rings. The van der Waals surface area contributed by atoms with E-state index in [0.717, 1.165) is 5.56 Å². The van der Waals surface area contributed by atoms with Crippen molar-refractivity contribution in [3.63, 3.8) is 0 Å². The summed E-state index contributed by atoms with van der Waals surface area (Å²) in [5, 5.41) is 3.17. The quantitative estimate of drug-likeness (QED) is 0.224. The van der Waals surface area contributed by atoms with E-state index < -0.39 is 11.9 Å². The van der Waals surface area contributed by atoms with Gasteiger partial charge in [0.1, 0.15) is 42.1 Å². The Labute approximate surface area is 248 Å². The zero-order valence-corrected chi connectivity index (χ0v) is 24.1. The maximum absolute atomic E-state index is 13.4. The van der Waals surface area contributed by atoms with Crippen molar-refractivity contribution < 1.29 is 19.1 Å². The number of hydrogen-bond donors (Lipinski definition) is 2. The smallest absolute Gasteiger partial charge is 0.322 e. The van der Waals surface area contributed by atoms with E-state index in [4.69, 9.17) is 31.8 Å². The number of nitrogens with one attached hydrogen (secondary N) is 1. The number of para-hydroxylation sites is 1. The standard InChI is InChI=1S/C29H31ClN8O4/c1-41-23-8-9-24(42-2)20(14-23)18-38(27-16-25(30)34-28(35-27)37-11-10-32-19-37)13-12-36(17-22(38)15-26(31)39)29(40)33-21-6-4-3-5-7-21/h3-11,14,16,19,22H,12-13,15,17-18H2,1-2H3,(H2-,31,33,39,40)/p+1. The summed E-state index contributed by atoms with van der Waals surface area (Å²) in [6.07, 6.45) is 4.91. The third-order valence-corrected chi connectivity index (χ3v) is 7.64. The first-order valence-corrected chi connectivity index (χ1v) is 13.7. The molecule has 3 amide bonds. The van der Waals surface area contributed by atoms with Gasteiger partial charge in [0, 0.05) is 18.1 Å². The van der Waals surface area contributed by atoms with E-state index in [-0.39, 0.29) is 28.6 Å². The number of ether oxygens (including phenoxy) is 2. The zero-order chi connectivity index (χ0) is 29.7. The van der Waals surface area contributed by atoms with Gasteiger partial charge >= 0.3 is 6.03 Å². The SMILES string of the molecule is COc1ccc(OC)c(C[N+]2(c3cc(Cl)nc(-n4ccnc4)n3)CCN(C(=O)Nc3ccccc3)CC2CC(N)=O)c1. The summed E-state index contributed by atoms with van der Waals surface area (Å²) in [7, 11) is 3.19. The Hall–Kier alpha value is -4.68. The van der Waals surface area contributed by atoms with Gasteiger partial charge in [-0.3, -0.25) is 13.8 Å². The first-order valence-electron chi connectivity index (χ1n) is 13.3. The summed E-state index contributed by atoms with van der Waals surface area (Å²) in [5.41, 5.74) is 7.32. The number of carbonyl (C=O) groups is 2. The Kier molecular flexibility index (Phi) is 8.55. The van der Waals surface area contributed by atoms with Crippen LogP contribution in [0, 0.1) is 0 Å². The van der Waals surface area contributed by atoms with Crippen molar-refractivity contribution in [3.8, 4) is 17.4 Å². The number of methoxy groups -OCH3 is 2. The van der Waals surface area contributed by atoms with Crippen LogP contribution in [0.2, 0.25) is 5.15 Å². The van der Waals surface area contributed by atoms with Crippen LogP contribution in [0.25, 0.3) is 5.95 Å². The number of benzene rings is 2. The van der Waals surface area contributed by atoms with Gasteiger partial charge in [-0.25, -0.2) is 9.78 Å². The first-order chi connectivity index (χ1) is 20.3. The van der Waals surface area contributed by atoms with Gasteiger partial charge < -0.3 is 25.4 Å². The Balaban J connectivity index is 1.61. The van der Waals surface area contributed by atoms with Crippen molar-refractivity contribution >= 4 is 35.0 Å². The van der Waals surface area contributed by atoms with Crippen LogP contribution in [-0.4, -0.2) is 76.3 Å². The van der Waals surface area contributed by atoms with Gasteiger partial charge in [0.05, 0.1) is 45.4 Å². The van der Waals surface area contributed by atoms with Crippen molar-refractivity contribution in [1.29, 1.82) is 0 Å². The number of aromatic nitrogens is 4. The molecule has 1 aliphatic heterocycles. The van der Waals surface area contributed by atoms with E-state index in [1.165, 1.54) is 0 Å². The van der Waals surface area contributed by atoms with Gasteiger partial charge in [-0.2, -0.15) is 9.97 Å². The Morgan fingerprint density at radius 2 is 1.93 bits per heavy atom. The molecule has 1 saturated heterocycles. The van der Waals surface area contributed by atoms with Gasteiger partial charge in [0.2, 0.25) is 17.7 Å². The van der Waals surface area contributed by atoms with Crippen LogP contribution >= 0.6 is 11.6 Å². The molecule has 3 heterocycles. The molecule has 1 aliphatic rings. The molecule has 0 saturated carbocycles. The van der Waals surface area contributed by atoms with Crippen molar-refractivity contribution in [2.45, 2.75) is 19.0 Å². The number of carbonyl (C=O) groups excluding carboxylic acids is 2. The Bertz CT molecular complexity index is 1550. The minimum absolute atomic E-state index is 0.0105. The molecule has 12 nitrogen and oxygen atoms in total. The number of urea groups is 1. The van der Waals surface area contributed by atoms with E-state index >= 15 is 0 Å². The van der Waals surface area contributed by atoms with E-state index in [2.05, 4.69) is 15.3 Å². The minimum atomic E-state index is -0.500. The van der Waals surface area contributed by atoms with Crippen molar-refractivity contribution in [2.75, 3.05) is 39.2 Å². The fraction of sp³-hybridized carbons (Fsp3) is 0.276. The molecule has 2 unspecified atom stereocenters. The van der Waals surface area contributed by atoms with Gasteiger partial charge in [-0.15, -0.1) is 0 Å². The van der Waals surface area contributed by atoms with Crippen LogP contribution in [0.15, 0.2) is 73.3 Å². The Morgan fingerprint density at radius 1 is 1.12 bits per heavy atom. The van der Waals surface area contributed by atoms with E-state index in [1.54, 1.807) is 48.5 Å². The summed E-state index contributed by atoms with van der Waals surface area (Å²) in [4.78, 5) is 41.0. The summed E-state index contributed by atoms with van der Waals surface area (Å²) in [5.74, 6) is 1.69. The molecule has 1 fully saturated rings. The lowest BCUT2D eigenvalue weighted by Crippen LogP contribution is -2.68. The molecule has 2 aromatic carbocycles. The average molecular weight is 592 g/mol. The lowest BCUT2D eigenvalue weighted by molar-refractivity contribution is -0.119. The maximum atomic E-state index is 13.4. The van der Waals surface area contributed by atoms with Crippen LogP contribution in [0.4, 0.5) is 16.3 Å². The number of halogens is 1. The largest absolute Gasteiger partial charge is 0.497 e. The monoisotopic (exact) mass is 591 g/mol. The number of anilines is 1. The van der Waals surface area contributed by atoms with Crippen LogP contribution in [0.1, 0.15) is 12.0 Å². The summed E-state index contributed by atoms with van der Waals surface area (Å²) < 4.78 is 13.0. The summed E-state index contributed by atoms with van der Waals surface area (Å²) in [6.45, 7) is 1.35. The second kappa shape index (κ2) is 12.5. The molecule has 5 rings (SSSR count). The molecule has 13 heteroatoms. The number of piperazine rings is 1. The van der Waals surface area contributed by atoms with Crippen molar-refractivity contribution in [2.24, 2.45) is 5.73 Å². The maximum Gasteiger partial charge on any atom is 0.322 e. The van der Waals surface area contributed by atoms with E-state index in [1.807, 2.05) is 48.5 Å².